The molecule has 0 amide bonds. The molecule has 0 aromatic carbocycles. The Labute approximate surface area is 89.4 Å². The standard InChI is InChI=1S/C10H19IO/c1-4-5-7-10(2,3)9(12)6-8-11/h6,8-9,12H,4-5,7H2,1-3H3/b8-6+. The third kappa shape index (κ3) is 4.45. The number of halogens is 1. The second-order valence-electron chi connectivity index (χ2n) is 3.86. The zero-order valence-electron chi connectivity index (χ0n) is 8.18. The molecule has 12 heavy (non-hydrogen) atoms. The molecule has 0 aliphatic carbocycles. The van der Waals surface area contributed by atoms with E-state index in [2.05, 4.69) is 43.4 Å². The lowest BCUT2D eigenvalue weighted by Gasteiger charge is -2.28. The van der Waals surface area contributed by atoms with Gasteiger partial charge in [-0.05, 0) is 22.0 Å². The van der Waals surface area contributed by atoms with Crippen molar-refractivity contribution in [3.05, 3.63) is 10.2 Å². The summed E-state index contributed by atoms with van der Waals surface area (Å²) in [4.78, 5) is 0. The smallest absolute Gasteiger partial charge is 0.0779 e. The molecule has 1 N–H and O–H groups in total. The number of rotatable bonds is 5. The van der Waals surface area contributed by atoms with Gasteiger partial charge >= 0.3 is 0 Å². The number of unbranched alkanes of at least 4 members (excludes halogenated alkanes) is 1. The van der Waals surface area contributed by atoms with Crippen molar-refractivity contribution in [3.8, 4) is 0 Å². The highest BCUT2D eigenvalue weighted by molar-refractivity contribution is 14.1. The number of hydrogen-bond donors (Lipinski definition) is 1. The molecule has 0 saturated carbocycles. The maximum Gasteiger partial charge on any atom is 0.0779 e. The van der Waals surface area contributed by atoms with E-state index in [1.165, 1.54) is 12.8 Å². The van der Waals surface area contributed by atoms with Crippen molar-refractivity contribution in [2.24, 2.45) is 5.41 Å². The molecule has 1 unspecified atom stereocenters. The van der Waals surface area contributed by atoms with E-state index in [1.807, 2.05) is 10.2 Å². The van der Waals surface area contributed by atoms with Crippen LogP contribution in [0.1, 0.15) is 40.0 Å². The SMILES string of the molecule is CCCCC(C)(C)C(O)/C=C/I. The molecule has 0 spiro atoms. The second-order valence-corrected chi connectivity index (χ2v) is 4.57. The zero-order valence-corrected chi connectivity index (χ0v) is 10.3. The average molecular weight is 282 g/mol. The monoisotopic (exact) mass is 282 g/mol. The Balaban J connectivity index is 3.98. The van der Waals surface area contributed by atoms with Crippen LogP contribution in [0, 0.1) is 5.41 Å². The third-order valence-corrected chi connectivity index (χ3v) is 2.65. The molecule has 0 aromatic heterocycles. The van der Waals surface area contributed by atoms with Gasteiger partial charge in [-0.2, -0.15) is 0 Å². The number of aliphatic hydroxyl groups excluding tert-OH is 1. The Morgan fingerprint density at radius 2 is 2.08 bits per heavy atom. The molecule has 0 saturated heterocycles. The summed E-state index contributed by atoms with van der Waals surface area (Å²) in [6.45, 7) is 6.41. The van der Waals surface area contributed by atoms with Crippen molar-refractivity contribution in [3.63, 3.8) is 0 Å². The first kappa shape index (κ1) is 12.4. The molecule has 1 nitrogen and oxygen atoms in total. The summed E-state index contributed by atoms with van der Waals surface area (Å²) in [7, 11) is 0. The number of hydrogen-bond acceptors (Lipinski definition) is 1. The Bertz CT molecular complexity index is 141. The summed E-state index contributed by atoms with van der Waals surface area (Å²) >= 11 is 2.14. The van der Waals surface area contributed by atoms with E-state index in [0.717, 1.165) is 6.42 Å². The van der Waals surface area contributed by atoms with Crippen LogP contribution in [0.15, 0.2) is 10.2 Å². The van der Waals surface area contributed by atoms with Crippen molar-refractivity contribution in [2.45, 2.75) is 46.1 Å². The van der Waals surface area contributed by atoms with Gasteiger partial charge in [0.2, 0.25) is 0 Å². The topological polar surface area (TPSA) is 20.2 Å². The Kier molecular flexibility index (Phi) is 6.19. The molecule has 0 rings (SSSR count). The Morgan fingerprint density at radius 3 is 2.50 bits per heavy atom. The maximum absolute atomic E-state index is 9.71. The Hall–Kier alpha value is 0.430. The van der Waals surface area contributed by atoms with Crippen molar-refractivity contribution < 1.29 is 5.11 Å². The lowest BCUT2D eigenvalue weighted by Crippen LogP contribution is -2.27. The highest BCUT2D eigenvalue weighted by Crippen LogP contribution is 2.28. The van der Waals surface area contributed by atoms with Crippen LogP contribution in [0.5, 0.6) is 0 Å². The van der Waals surface area contributed by atoms with E-state index in [1.54, 1.807) is 0 Å². The van der Waals surface area contributed by atoms with Gasteiger partial charge < -0.3 is 5.11 Å². The fourth-order valence-electron chi connectivity index (χ4n) is 1.11. The largest absolute Gasteiger partial charge is 0.388 e. The number of aliphatic hydroxyl groups is 1. The third-order valence-electron chi connectivity index (χ3n) is 2.23. The van der Waals surface area contributed by atoms with Gasteiger partial charge in [0.15, 0.2) is 0 Å². The normalized spacial score (nSPS) is 15.4. The lowest BCUT2D eigenvalue weighted by molar-refractivity contribution is 0.0818. The molecule has 72 valence electrons. The molecule has 2 heteroatoms. The van der Waals surface area contributed by atoms with Crippen molar-refractivity contribution in [2.75, 3.05) is 0 Å². The fraction of sp³-hybridized carbons (Fsp3) is 0.800. The zero-order chi connectivity index (χ0) is 9.61. The molecule has 0 fully saturated rings. The van der Waals surface area contributed by atoms with E-state index >= 15 is 0 Å². The van der Waals surface area contributed by atoms with Crippen LogP contribution in [0.3, 0.4) is 0 Å². The van der Waals surface area contributed by atoms with E-state index < -0.39 is 0 Å². The Morgan fingerprint density at radius 1 is 1.50 bits per heavy atom. The quantitative estimate of drug-likeness (QED) is 0.765. The van der Waals surface area contributed by atoms with Crippen molar-refractivity contribution in [1.29, 1.82) is 0 Å². The van der Waals surface area contributed by atoms with Gasteiger partial charge in [-0.25, -0.2) is 0 Å². The van der Waals surface area contributed by atoms with Crippen LogP contribution in [-0.4, -0.2) is 11.2 Å². The first-order chi connectivity index (χ1) is 5.54. The van der Waals surface area contributed by atoms with Crippen LogP contribution in [0.4, 0.5) is 0 Å². The predicted octanol–water partition coefficient (Wildman–Crippen LogP) is 3.51. The van der Waals surface area contributed by atoms with Gasteiger partial charge in [-0.3, -0.25) is 0 Å². The van der Waals surface area contributed by atoms with Crippen molar-refractivity contribution in [1.82, 2.24) is 0 Å². The fourth-order valence-corrected chi connectivity index (χ4v) is 1.50. The predicted molar refractivity (Wildman–Crippen MR) is 62.5 cm³/mol. The van der Waals surface area contributed by atoms with Crippen LogP contribution in [-0.2, 0) is 0 Å². The van der Waals surface area contributed by atoms with E-state index in [-0.39, 0.29) is 11.5 Å². The minimum absolute atomic E-state index is 0.0255. The van der Waals surface area contributed by atoms with Gasteiger partial charge in [0.1, 0.15) is 0 Å². The summed E-state index contributed by atoms with van der Waals surface area (Å²) in [5.74, 6) is 0. The van der Waals surface area contributed by atoms with E-state index in [4.69, 9.17) is 0 Å². The summed E-state index contributed by atoms with van der Waals surface area (Å²) < 4.78 is 1.89. The molecule has 1 atom stereocenters. The highest BCUT2D eigenvalue weighted by atomic mass is 127. The van der Waals surface area contributed by atoms with Crippen LogP contribution < -0.4 is 0 Å². The average Bonchev–Trinajstić information content (AvgIpc) is 2.01. The molecular formula is C10H19IO. The first-order valence-electron chi connectivity index (χ1n) is 4.49. The van der Waals surface area contributed by atoms with Gasteiger partial charge in [-0.1, -0.05) is 56.2 Å². The van der Waals surface area contributed by atoms with E-state index in [0.29, 0.717) is 0 Å². The summed E-state index contributed by atoms with van der Waals surface area (Å²) in [5, 5.41) is 9.71. The maximum atomic E-state index is 9.71. The summed E-state index contributed by atoms with van der Waals surface area (Å²) in [6, 6.07) is 0. The van der Waals surface area contributed by atoms with Gasteiger partial charge in [-0.15, -0.1) is 0 Å². The lowest BCUT2D eigenvalue weighted by atomic mass is 9.82. The minimum Gasteiger partial charge on any atom is -0.388 e. The molecule has 0 aliphatic heterocycles. The highest BCUT2D eigenvalue weighted by Gasteiger charge is 2.24. The van der Waals surface area contributed by atoms with Crippen molar-refractivity contribution >= 4 is 22.6 Å². The second kappa shape index (κ2) is 5.97. The van der Waals surface area contributed by atoms with Gasteiger partial charge in [0.05, 0.1) is 6.10 Å². The molecule has 0 heterocycles. The molecule has 0 radical (unpaired) electrons. The minimum atomic E-state index is -0.305. The molecular weight excluding hydrogens is 263 g/mol. The molecule has 0 aromatic rings. The van der Waals surface area contributed by atoms with Crippen LogP contribution >= 0.6 is 22.6 Å². The molecule has 0 bridgehead atoms. The first-order valence-corrected chi connectivity index (χ1v) is 5.74. The molecule has 0 aliphatic rings. The summed E-state index contributed by atoms with van der Waals surface area (Å²) in [5.41, 5.74) is 0.0255. The van der Waals surface area contributed by atoms with Crippen LogP contribution in [0.2, 0.25) is 0 Å². The summed E-state index contributed by atoms with van der Waals surface area (Å²) in [6.07, 6.45) is 5.03. The van der Waals surface area contributed by atoms with E-state index in [9.17, 15) is 5.11 Å². The van der Waals surface area contributed by atoms with Gasteiger partial charge in [0, 0.05) is 0 Å². The van der Waals surface area contributed by atoms with Crippen LogP contribution in [0.25, 0.3) is 0 Å². The van der Waals surface area contributed by atoms with Gasteiger partial charge in [0.25, 0.3) is 0 Å².